The van der Waals surface area contributed by atoms with E-state index in [1.54, 1.807) is 6.08 Å². The molecule has 0 heterocycles. The number of carbonyl (C=O) groups is 3. The van der Waals surface area contributed by atoms with Gasteiger partial charge in [-0.25, -0.2) is 4.57 Å². The minimum absolute atomic E-state index is 0.0629. The zero-order valence-corrected chi connectivity index (χ0v) is 41.4. The van der Waals surface area contributed by atoms with E-state index < -0.39 is 57.8 Å². The summed E-state index contributed by atoms with van der Waals surface area (Å²) in [5.41, 5.74) is 0. The van der Waals surface area contributed by atoms with Crippen LogP contribution in [-0.2, 0) is 42.2 Å². The van der Waals surface area contributed by atoms with Gasteiger partial charge in [-0.1, -0.05) is 210 Å². The van der Waals surface area contributed by atoms with Crippen LogP contribution in [0.4, 0.5) is 0 Å². The Morgan fingerprint density at radius 3 is 1.23 bits per heavy atom. The van der Waals surface area contributed by atoms with Crippen LogP contribution in [0.2, 0.25) is 0 Å². The molecule has 0 aromatic heterocycles. The van der Waals surface area contributed by atoms with Crippen LogP contribution in [0.25, 0.3) is 0 Å². The molecule has 0 amide bonds. The Morgan fingerprint density at radius 2 is 0.812 bits per heavy atom. The molecule has 3 atom stereocenters. The molecule has 0 aliphatic rings. The highest BCUT2D eigenvalue weighted by Crippen LogP contribution is 2.43. The lowest BCUT2D eigenvalue weighted by atomic mass is 10.0. The van der Waals surface area contributed by atoms with Crippen LogP contribution in [0.5, 0.6) is 0 Å². The highest BCUT2D eigenvalue weighted by Gasteiger charge is 2.28. The van der Waals surface area contributed by atoms with Gasteiger partial charge in [0.05, 0.1) is 26.2 Å². The zero-order chi connectivity index (χ0) is 47.0. The second-order valence-electron chi connectivity index (χ2n) is 16.6. The van der Waals surface area contributed by atoms with Crippen molar-refractivity contribution >= 4 is 25.7 Å². The molecule has 0 saturated heterocycles. The van der Waals surface area contributed by atoms with E-state index in [1.807, 2.05) is 18.2 Å². The van der Waals surface area contributed by atoms with E-state index in [9.17, 15) is 28.9 Å². The van der Waals surface area contributed by atoms with Gasteiger partial charge in [0, 0.05) is 12.8 Å². The Hall–Kier alpha value is -2.82. The van der Waals surface area contributed by atoms with E-state index in [2.05, 4.69) is 57.2 Å². The Balaban J connectivity index is 4.81. The molecule has 0 aromatic carbocycles. The van der Waals surface area contributed by atoms with Gasteiger partial charge in [0.25, 0.3) is 0 Å². The summed E-state index contributed by atoms with van der Waals surface area (Å²) in [7, 11) is -4.76. The number of unbranched alkanes of at least 4 members (excludes halogenated alkanes) is 20. The topological polar surface area (TPSA) is 155 Å². The largest absolute Gasteiger partial charge is 0.472 e. The summed E-state index contributed by atoms with van der Waals surface area (Å²) in [5.74, 6) is -1.62. The van der Waals surface area contributed by atoms with Gasteiger partial charge in [0.1, 0.15) is 12.7 Å². The minimum atomic E-state index is -4.76. The van der Waals surface area contributed by atoms with Crippen molar-refractivity contribution in [1.29, 1.82) is 0 Å². The second kappa shape index (κ2) is 46.7. The van der Waals surface area contributed by atoms with Crippen molar-refractivity contribution in [2.45, 2.75) is 226 Å². The molecular weight excluding hydrogens is 832 g/mol. The molecule has 0 bridgehead atoms. The number of phosphoric ester groups is 1. The maximum atomic E-state index is 12.8. The van der Waals surface area contributed by atoms with Crippen LogP contribution in [-0.4, -0.2) is 66.5 Å². The first-order valence-electron chi connectivity index (χ1n) is 25.2. The Morgan fingerprint density at radius 1 is 0.453 bits per heavy atom. The molecule has 0 fully saturated rings. The van der Waals surface area contributed by atoms with Crippen molar-refractivity contribution in [3.63, 3.8) is 0 Å². The third-order valence-electron chi connectivity index (χ3n) is 10.5. The smallest absolute Gasteiger partial charge is 0.462 e. The zero-order valence-electron chi connectivity index (χ0n) is 40.5. The third-order valence-corrected chi connectivity index (χ3v) is 11.4. The summed E-state index contributed by atoms with van der Waals surface area (Å²) in [6, 6.07) is 0. The van der Waals surface area contributed by atoms with Crippen LogP contribution in [0.3, 0.4) is 0 Å². The van der Waals surface area contributed by atoms with Gasteiger partial charge >= 0.3 is 25.7 Å². The lowest BCUT2D eigenvalue weighted by Crippen LogP contribution is -2.30. The van der Waals surface area contributed by atoms with E-state index in [0.29, 0.717) is 19.3 Å². The van der Waals surface area contributed by atoms with Crippen molar-refractivity contribution in [2.24, 2.45) is 0 Å². The first kappa shape index (κ1) is 61.2. The molecule has 0 aliphatic carbocycles. The Kier molecular flexibility index (Phi) is 44.6. The number of ether oxygens (including phenoxy) is 3. The first-order chi connectivity index (χ1) is 31.2. The van der Waals surface area contributed by atoms with Crippen LogP contribution < -0.4 is 0 Å². The minimum Gasteiger partial charge on any atom is -0.462 e. The normalized spacial score (nSPS) is 14.0. The van der Waals surface area contributed by atoms with E-state index in [0.717, 1.165) is 64.2 Å². The molecule has 11 nitrogen and oxygen atoms in total. The number of carbonyl (C=O) groups excluding carboxylic acids is 3. The second-order valence-corrected chi connectivity index (χ2v) is 18.1. The molecule has 370 valence electrons. The van der Waals surface area contributed by atoms with Gasteiger partial charge in [-0.2, -0.15) is 0 Å². The van der Waals surface area contributed by atoms with E-state index >= 15 is 0 Å². The lowest BCUT2D eigenvalue weighted by Gasteiger charge is -2.21. The summed E-state index contributed by atoms with van der Waals surface area (Å²) >= 11 is 0. The van der Waals surface area contributed by atoms with Crippen molar-refractivity contribution in [3.05, 3.63) is 60.8 Å². The van der Waals surface area contributed by atoms with E-state index in [4.69, 9.17) is 23.3 Å². The number of aliphatic hydroxyl groups is 1. The maximum absolute atomic E-state index is 12.8. The highest BCUT2D eigenvalue weighted by atomic mass is 31.2. The summed E-state index contributed by atoms with van der Waals surface area (Å²) < 4.78 is 39.1. The summed E-state index contributed by atoms with van der Waals surface area (Å²) in [5, 5.41) is 9.75. The summed E-state index contributed by atoms with van der Waals surface area (Å²) in [6.07, 6.45) is 48.0. The van der Waals surface area contributed by atoms with Gasteiger partial charge < -0.3 is 24.2 Å². The molecule has 0 saturated carbocycles. The molecule has 0 aromatic rings. The fourth-order valence-electron chi connectivity index (χ4n) is 6.67. The fraction of sp³-hybridized carbons (Fsp3) is 0.750. The standard InChI is InChI=1S/C52H91O11P/c1-4-7-10-13-16-19-21-23-24-26-28-31-34-37-40-43-52(56)63-49(45-59-50(54)41-38-35-32-29-18-15-12-9-6-3)47-61-64(57,58)60-46-48(44-53)62-51(55)42-39-36-33-30-27-25-22-20-17-14-11-8-5-2/h7,10,16,19,23-24,28,31,37,40,48-49,53H,4-6,8-9,11-15,17-18,20-22,25-27,29-30,32-36,38-39,41-47H2,1-3H3,(H,57,58)/b10-7-,19-16-,24-23-,31-28-,40-37-. The monoisotopic (exact) mass is 923 g/mol. The SMILES string of the molecule is CC/C=C\C/C=C\C/C=C\C/C=C\C/C=C\CC(=O)OC(COC(=O)CCCCCCCCCCC)COP(=O)(O)OCC(CO)OC(=O)CCCCCCCCCCCCCCC. The van der Waals surface area contributed by atoms with Gasteiger partial charge in [0.2, 0.25) is 0 Å². The number of esters is 3. The summed E-state index contributed by atoms with van der Waals surface area (Å²) in [4.78, 5) is 48.1. The van der Waals surface area contributed by atoms with Gasteiger partial charge in [-0.05, 0) is 44.9 Å². The van der Waals surface area contributed by atoms with Crippen molar-refractivity contribution in [2.75, 3.05) is 26.4 Å². The molecule has 0 aliphatic heterocycles. The van der Waals surface area contributed by atoms with Crippen molar-refractivity contribution < 1.29 is 52.2 Å². The molecule has 64 heavy (non-hydrogen) atoms. The van der Waals surface area contributed by atoms with Gasteiger partial charge in [-0.15, -0.1) is 0 Å². The predicted octanol–water partition coefficient (Wildman–Crippen LogP) is 14.0. The molecule has 0 spiro atoms. The van der Waals surface area contributed by atoms with E-state index in [1.165, 1.54) is 89.9 Å². The van der Waals surface area contributed by atoms with Crippen molar-refractivity contribution in [3.8, 4) is 0 Å². The van der Waals surface area contributed by atoms with Gasteiger partial charge in [-0.3, -0.25) is 23.4 Å². The Bertz CT molecular complexity index is 1310. The van der Waals surface area contributed by atoms with E-state index in [-0.39, 0.29) is 25.9 Å². The number of hydrogen-bond donors (Lipinski definition) is 2. The predicted molar refractivity (Wildman–Crippen MR) is 261 cm³/mol. The first-order valence-corrected chi connectivity index (χ1v) is 26.7. The highest BCUT2D eigenvalue weighted by molar-refractivity contribution is 7.47. The number of aliphatic hydroxyl groups excluding tert-OH is 1. The van der Waals surface area contributed by atoms with Crippen LogP contribution in [0.15, 0.2) is 60.8 Å². The third kappa shape index (κ3) is 44.4. The molecule has 2 N–H and O–H groups in total. The maximum Gasteiger partial charge on any atom is 0.472 e. The van der Waals surface area contributed by atoms with Gasteiger partial charge in [0.15, 0.2) is 6.10 Å². The number of rotatable bonds is 46. The van der Waals surface area contributed by atoms with Crippen LogP contribution >= 0.6 is 7.82 Å². The number of phosphoric acid groups is 1. The number of allylic oxidation sites excluding steroid dienone is 9. The average Bonchev–Trinajstić information content (AvgIpc) is 3.28. The molecule has 0 radical (unpaired) electrons. The molecular formula is C52H91O11P. The van der Waals surface area contributed by atoms with Crippen molar-refractivity contribution in [1.82, 2.24) is 0 Å². The fourth-order valence-corrected chi connectivity index (χ4v) is 7.45. The Labute approximate surface area is 389 Å². The van der Waals surface area contributed by atoms with Crippen LogP contribution in [0.1, 0.15) is 213 Å². The lowest BCUT2D eigenvalue weighted by molar-refractivity contribution is -0.160. The summed E-state index contributed by atoms with van der Waals surface area (Å²) in [6.45, 7) is 4.38. The molecule has 12 heteroatoms. The molecule has 0 rings (SSSR count). The molecule has 3 unspecified atom stereocenters. The average molecular weight is 923 g/mol. The quantitative estimate of drug-likeness (QED) is 0.0197. The number of hydrogen-bond acceptors (Lipinski definition) is 10. The van der Waals surface area contributed by atoms with Crippen LogP contribution in [0, 0.1) is 0 Å².